The SMILES string of the molecule is NC(=S)c1c(Br)cccc1Nc1ccccc1Br. The molecule has 0 unspecified atom stereocenters. The largest absolute Gasteiger partial charge is 0.389 e. The van der Waals surface area contributed by atoms with E-state index in [1.54, 1.807) is 0 Å². The van der Waals surface area contributed by atoms with Crippen LogP contribution in [0.5, 0.6) is 0 Å². The van der Waals surface area contributed by atoms with E-state index in [4.69, 9.17) is 18.0 Å². The van der Waals surface area contributed by atoms with Crippen molar-refractivity contribution < 1.29 is 0 Å². The molecule has 0 saturated carbocycles. The molecular weight excluding hydrogens is 376 g/mol. The average Bonchev–Trinajstić information content (AvgIpc) is 2.31. The lowest BCUT2D eigenvalue weighted by molar-refractivity contribution is 1.49. The highest BCUT2D eigenvalue weighted by molar-refractivity contribution is 9.11. The van der Waals surface area contributed by atoms with E-state index in [0.29, 0.717) is 4.99 Å². The molecule has 18 heavy (non-hydrogen) atoms. The molecule has 0 bridgehead atoms. The first-order chi connectivity index (χ1) is 8.59. The molecule has 0 aliphatic heterocycles. The number of benzene rings is 2. The van der Waals surface area contributed by atoms with E-state index in [9.17, 15) is 0 Å². The third-order valence-corrected chi connectivity index (χ3v) is 3.96. The first-order valence-electron chi connectivity index (χ1n) is 5.19. The summed E-state index contributed by atoms with van der Waals surface area (Å²) in [4.78, 5) is 0.358. The Balaban J connectivity index is 2.44. The third-order valence-electron chi connectivity index (χ3n) is 2.40. The van der Waals surface area contributed by atoms with Gasteiger partial charge in [-0.25, -0.2) is 0 Å². The first kappa shape index (κ1) is 13.5. The number of anilines is 2. The minimum absolute atomic E-state index is 0.358. The maximum Gasteiger partial charge on any atom is 0.107 e. The molecule has 0 fully saturated rings. The zero-order chi connectivity index (χ0) is 13.1. The highest BCUT2D eigenvalue weighted by Crippen LogP contribution is 2.30. The fourth-order valence-electron chi connectivity index (χ4n) is 1.59. The normalized spacial score (nSPS) is 10.1. The van der Waals surface area contributed by atoms with Gasteiger partial charge in [0.05, 0.1) is 5.69 Å². The molecule has 5 heteroatoms. The van der Waals surface area contributed by atoms with Gasteiger partial charge in [-0.2, -0.15) is 0 Å². The van der Waals surface area contributed by atoms with Crippen molar-refractivity contribution in [1.29, 1.82) is 0 Å². The fourth-order valence-corrected chi connectivity index (χ4v) is 2.90. The van der Waals surface area contributed by atoms with Crippen LogP contribution in [0, 0.1) is 0 Å². The lowest BCUT2D eigenvalue weighted by Crippen LogP contribution is -2.12. The number of nitrogens with one attached hydrogen (secondary N) is 1. The Morgan fingerprint density at radius 2 is 1.56 bits per heavy atom. The number of para-hydroxylation sites is 1. The maximum atomic E-state index is 5.76. The zero-order valence-corrected chi connectivity index (χ0v) is 13.3. The minimum atomic E-state index is 0.358. The molecule has 2 aromatic carbocycles. The van der Waals surface area contributed by atoms with E-state index in [1.807, 2.05) is 42.5 Å². The van der Waals surface area contributed by atoms with Crippen molar-refractivity contribution in [2.75, 3.05) is 5.32 Å². The summed E-state index contributed by atoms with van der Waals surface area (Å²) < 4.78 is 1.87. The fraction of sp³-hybridized carbons (Fsp3) is 0. The van der Waals surface area contributed by atoms with Gasteiger partial charge < -0.3 is 11.1 Å². The Labute approximate surface area is 128 Å². The third kappa shape index (κ3) is 2.91. The van der Waals surface area contributed by atoms with E-state index in [-0.39, 0.29) is 0 Å². The van der Waals surface area contributed by atoms with E-state index < -0.39 is 0 Å². The van der Waals surface area contributed by atoms with Crippen molar-refractivity contribution in [3.8, 4) is 0 Å². The Bertz CT molecular complexity index is 599. The number of hydrogen-bond donors (Lipinski definition) is 2. The van der Waals surface area contributed by atoms with Crippen molar-refractivity contribution in [2.24, 2.45) is 5.73 Å². The number of rotatable bonds is 3. The van der Waals surface area contributed by atoms with Crippen LogP contribution in [0.2, 0.25) is 0 Å². The number of thiocarbonyl (C=S) groups is 1. The quantitative estimate of drug-likeness (QED) is 0.759. The Kier molecular flexibility index (Phi) is 4.37. The van der Waals surface area contributed by atoms with E-state index in [1.165, 1.54) is 0 Å². The molecule has 0 atom stereocenters. The van der Waals surface area contributed by atoms with Crippen molar-refractivity contribution in [2.45, 2.75) is 0 Å². The second-order valence-corrected chi connectivity index (χ2v) is 5.78. The second kappa shape index (κ2) is 5.82. The zero-order valence-electron chi connectivity index (χ0n) is 9.28. The van der Waals surface area contributed by atoms with Crippen LogP contribution in [-0.2, 0) is 0 Å². The first-order valence-corrected chi connectivity index (χ1v) is 7.19. The molecule has 0 aliphatic rings. The Morgan fingerprint density at radius 3 is 2.22 bits per heavy atom. The second-order valence-electron chi connectivity index (χ2n) is 3.63. The smallest absolute Gasteiger partial charge is 0.107 e. The predicted molar refractivity (Wildman–Crippen MR) is 87.5 cm³/mol. The maximum absolute atomic E-state index is 5.76. The lowest BCUT2D eigenvalue weighted by Gasteiger charge is -2.13. The standard InChI is InChI=1S/C13H10Br2N2S/c14-8-4-1-2-6-10(8)17-11-7-3-5-9(15)12(11)13(16)18/h1-7,17H,(H2,16,18). The molecule has 0 radical (unpaired) electrons. The molecule has 2 nitrogen and oxygen atoms in total. The summed E-state index contributed by atoms with van der Waals surface area (Å²) in [6.07, 6.45) is 0. The Morgan fingerprint density at radius 1 is 0.944 bits per heavy atom. The molecule has 0 amide bonds. The van der Waals surface area contributed by atoms with Crippen LogP contribution in [0.15, 0.2) is 51.4 Å². The van der Waals surface area contributed by atoms with E-state index in [0.717, 1.165) is 25.9 Å². The van der Waals surface area contributed by atoms with Crippen molar-refractivity contribution in [3.05, 3.63) is 57.0 Å². The molecule has 2 rings (SSSR count). The van der Waals surface area contributed by atoms with Gasteiger partial charge in [-0.15, -0.1) is 0 Å². The topological polar surface area (TPSA) is 38.0 Å². The van der Waals surface area contributed by atoms with Gasteiger partial charge >= 0.3 is 0 Å². The summed E-state index contributed by atoms with van der Waals surface area (Å²) in [6, 6.07) is 13.7. The minimum Gasteiger partial charge on any atom is -0.389 e. The van der Waals surface area contributed by atoms with Gasteiger partial charge in [0, 0.05) is 20.2 Å². The van der Waals surface area contributed by atoms with Gasteiger partial charge in [0.2, 0.25) is 0 Å². The Hall–Kier alpha value is -0.910. The van der Waals surface area contributed by atoms with Crippen LogP contribution in [0.3, 0.4) is 0 Å². The molecule has 2 aromatic rings. The van der Waals surface area contributed by atoms with Gasteiger partial charge in [-0.1, -0.05) is 30.4 Å². The van der Waals surface area contributed by atoms with Crippen LogP contribution >= 0.6 is 44.1 Å². The average molecular weight is 386 g/mol. The number of nitrogens with two attached hydrogens (primary N) is 1. The molecule has 0 aliphatic carbocycles. The predicted octanol–water partition coefficient (Wildman–Crippen LogP) is 4.59. The number of hydrogen-bond acceptors (Lipinski definition) is 2. The van der Waals surface area contributed by atoms with E-state index >= 15 is 0 Å². The molecule has 0 aromatic heterocycles. The summed E-state index contributed by atoms with van der Waals surface area (Å²) in [5, 5.41) is 3.32. The molecular formula is C13H10Br2N2S. The highest BCUT2D eigenvalue weighted by Gasteiger charge is 2.10. The van der Waals surface area contributed by atoms with Crippen LogP contribution in [0.1, 0.15) is 5.56 Å². The molecule has 0 spiro atoms. The van der Waals surface area contributed by atoms with Gasteiger partial charge in [0.1, 0.15) is 4.99 Å². The van der Waals surface area contributed by atoms with Gasteiger partial charge in [-0.3, -0.25) is 0 Å². The van der Waals surface area contributed by atoms with Gasteiger partial charge in [0.25, 0.3) is 0 Å². The van der Waals surface area contributed by atoms with Crippen LogP contribution in [0.25, 0.3) is 0 Å². The van der Waals surface area contributed by atoms with Gasteiger partial charge in [0.15, 0.2) is 0 Å². The summed E-state index contributed by atoms with van der Waals surface area (Å²) in [7, 11) is 0. The van der Waals surface area contributed by atoms with Crippen molar-refractivity contribution in [3.63, 3.8) is 0 Å². The molecule has 3 N–H and O–H groups in total. The lowest BCUT2D eigenvalue weighted by atomic mass is 10.1. The molecule has 0 saturated heterocycles. The van der Waals surface area contributed by atoms with E-state index in [2.05, 4.69) is 37.2 Å². The summed E-state index contributed by atoms with van der Waals surface area (Å²) in [6.45, 7) is 0. The monoisotopic (exact) mass is 384 g/mol. The molecule has 0 heterocycles. The highest BCUT2D eigenvalue weighted by atomic mass is 79.9. The van der Waals surface area contributed by atoms with Gasteiger partial charge in [-0.05, 0) is 56.1 Å². The molecule has 92 valence electrons. The van der Waals surface area contributed by atoms with Crippen molar-refractivity contribution in [1.82, 2.24) is 0 Å². The summed E-state index contributed by atoms with van der Waals surface area (Å²) >= 11 is 12.0. The summed E-state index contributed by atoms with van der Waals surface area (Å²) in [5.41, 5.74) is 8.41. The summed E-state index contributed by atoms with van der Waals surface area (Å²) in [5.74, 6) is 0. The van der Waals surface area contributed by atoms with Crippen LogP contribution < -0.4 is 11.1 Å². The van der Waals surface area contributed by atoms with Crippen molar-refractivity contribution >= 4 is 60.4 Å². The number of halogens is 2. The van der Waals surface area contributed by atoms with Crippen LogP contribution in [0.4, 0.5) is 11.4 Å². The van der Waals surface area contributed by atoms with Crippen LogP contribution in [-0.4, -0.2) is 4.99 Å².